The molecule has 0 unspecified atom stereocenters. The number of aromatic carboxylic acids is 1. The molecule has 0 aliphatic rings. The third-order valence-corrected chi connectivity index (χ3v) is 4.23. The van der Waals surface area contributed by atoms with Gasteiger partial charge in [-0.2, -0.15) is 0 Å². The van der Waals surface area contributed by atoms with Crippen LogP contribution in [0.4, 0.5) is 0 Å². The van der Waals surface area contributed by atoms with Crippen molar-refractivity contribution < 1.29 is 23.4 Å². The van der Waals surface area contributed by atoms with Crippen molar-refractivity contribution in [2.45, 2.75) is 11.3 Å². The molecule has 0 atom stereocenters. The maximum atomic E-state index is 11.7. The lowest BCUT2D eigenvalue weighted by Crippen LogP contribution is -2.09. The van der Waals surface area contributed by atoms with Crippen LogP contribution in [0, 0.1) is 0 Å². The minimum atomic E-state index is -3.58. The topological polar surface area (TPSA) is 91.7 Å². The zero-order valence-electron chi connectivity index (χ0n) is 8.76. The van der Waals surface area contributed by atoms with Crippen LogP contribution in [0.2, 0.25) is 5.02 Å². The largest absolute Gasteiger partial charge is 0.478 e. The molecule has 17 heavy (non-hydrogen) atoms. The molecule has 1 rings (SSSR count). The molecule has 2 N–H and O–H groups in total. The fraction of sp³-hybridized carbons (Fsp3) is 0.300. The van der Waals surface area contributed by atoms with Crippen molar-refractivity contribution >= 4 is 27.4 Å². The number of aliphatic hydroxyl groups is 1. The van der Waals surface area contributed by atoms with Crippen LogP contribution in [0.5, 0.6) is 0 Å². The van der Waals surface area contributed by atoms with Crippen molar-refractivity contribution in [1.82, 2.24) is 0 Å². The lowest BCUT2D eigenvalue weighted by atomic mass is 10.2. The second kappa shape index (κ2) is 5.48. The number of sulfone groups is 1. The van der Waals surface area contributed by atoms with E-state index in [1.807, 2.05) is 0 Å². The highest BCUT2D eigenvalue weighted by Gasteiger charge is 2.18. The maximum absolute atomic E-state index is 11.7. The first-order valence-electron chi connectivity index (χ1n) is 4.75. The summed E-state index contributed by atoms with van der Waals surface area (Å²) >= 11 is 5.63. The lowest BCUT2D eigenvalue weighted by Gasteiger charge is -2.05. The molecule has 0 heterocycles. The van der Waals surface area contributed by atoms with Crippen LogP contribution >= 0.6 is 11.6 Å². The van der Waals surface area contributed by atoms with Gasteiger partial charge in [0, 0.05) is 6.61 Å². The van der Waals surface area contributed by atoms with E-state index in [0.29, 0.717) is 0 Å². The van der Waals surface area contributed by atoms with Gasteiger partial charge in [-0.3, -0.25) is 0 Å². The molecule has 0 amide bonds. The Morgan fingerprint density at radius 2 is 2.00 bits per heavy atom. The van der Waals surface area contributed by atoms with Crippen LogP contribution in [0.15, 0.2) is 23.1 Å². The molecule has 1 aromatic rings. The van der Waals surface area contributed by atoms with E-state index in [4.69, 9.17) is 21.8 Å². The van der Waals surface area contributed by atoms with Crippen molar-refractivity contribution in [2.75, 3.05) is 12.4 Å². The van der Waals surface area contributed by atoms with Gasteiger partial charge < -0.3 is 10.2 Å². The molecule has 5 nitrogen and oxygen atoms in total. The number of carbonyl (C=O) groups is 1. The van der Waals surface area contributed by atoms with Gasteiger partial charge in [0.05, 0.1) is 21.2 Å². The first-order valence-corrected chi connectivity index (χ1v) is 6.78. The fourth-order valence-electron chi connectivity index (χ4n) is 1.23. The van der Waals surface area contributed by atoms with Gasteiger partial charge in [-0.15, -0.1) is 0 Å². The van der Waals surface area contributed by atoms with Crippen molar-refractivity contribution in [3.05, 3.63) is 28.8 Å². The lowest BCUT2D eigenvalue weighted by molar-refractivity contribution is 0.0697. The molecule has 0 saturated heterocycles. The van der Waals surface area contributed by atoms with Gasteiger partial charge in [0.2, 0.25) is 0 Å². The molecule has 0 aliphatic carbocycles. The summed E-state index contributed by atoms with van der Waals surface area (Å²) in [5.41, 5.74) is -0.253. The summed E-state index contributed by atoms with van der Waals surface area (Å²) in [4.78, 5) is 10.7. The number of hydrogen-bond donors (Lipinski definition) is 2. The number of aliphatic hydroxyl groups excluding tert-OH is 1. The Labute approximate surface area is 104 Å². The monoisotopic (exact) mass is 278 g/mol. The van der Waals surface area contributed by atoms with Crippen molar-refractivity contribution in [1.29, 1.82) is 0 Å². The van der Waals surface area contributed by atoms with Crippen LogP contribution in [0.25, 0.3) is 0 Å². The molecule has 0 saturated carbocycles. The molecule has 0 fully saturated rings. The fourth-order valence-corrected chi connectivity index (χ4v) is 2.75. The van der Waals surface area contributed by atoms with Gasteiger partial charge in [0.1, 0.15) is 0 Å². The minimum Gasteiger partial charge on any atom is -0.478 e. The first-order chi connectivity index (χ1) is 7.88. The summed E-state index contributed by atoms with van der Waals surface area (Å²) in [5.74, 6) is -1.52. The zero-order valence-corrected chi connectivity index (χ0v) is 10.3. The van der Waals surface area contributed by atoms with Crippen molar-refractivity contribution in [2.24, 2.45) is 0 Å². The van der Waals surface area contributed by atoms with Crippen molar-refractivity contribution in [3.63, 3.8) is 0 Å². The van der Waals surface area contributed by atoms with E-state index < -0.39 is 15.8 Å². The van der Waals surface area contributed by atoms with Gasteiger partial charge in [-0.05, 0) is 24.6 Å². The van der Waals surface area contributed by atoms with E-state index >= 15 is 0 Å². The van der Waals surface area contributed by atoms with E-state index in [9.17, 15) is 13.2 Å². The highest BCUT2D eigenvalue weighted by atomic mass is 35.5. The number of carboxylic acids is 1. The van der Waals surface area contributed by atoms with Crippen LogP contribution in [-0.2, 0) is 9.84 Å². The molecule has 7 heteroatoms. The quantitative estimate of drug-likeness (QED) is 0.844. The number of benzene rings is 1. The van der Waals surface area contributed by atoms with Crippen LogP contribution < -0.4 is 0 Å². The second-order valence-electron chi connectivity index (χ2n) is 3.34. The molecule has 0 bridgehead atoms. The number of hydrogen-bond acceptors (Lipinski definition) is 4. The van der Waals surface area contributed by atoms with Crippen molar-refractivity contribution in [3.8, 4) is 0 Å². The molecule has 0 aromatic heterocycles. The summed E-state index contributed by atoms with van der Waals surface area (Å²) in [6.07, 6.45) is 0.105. The predicted molar refractivity (Wildman–Crippen MR) is 62.2 cm³/mol. The second-order valence-corrected chi connectivity index (χ2v) is 5.86. The smallest absolute Gasteiger partial charge is 0.337 e. The van der Waals surface area contributed by atoms with E-state index in [2.05, 4.69) is 0 Å². The van der Waals surface area contributed by atoms with Crippen LogP contribution in [-0.4, -0.2) is 37.0 Å². The summed E-state index contributed by atoms with van der Waals surface area (Å²) in [5, 5.41) is 17.4. The molecule has 1 aromatic carbocycles. The van der Waals surface area contributed by atoms with Crippen LogP contribution in [0.3, 0.4) is 0 Å². The Balaban J connectivity index is 3.16. The summed E-state index contributed by atoms with van der Waals surface area (Å²) in [6, 6.07) is 3.51. The molecule has 0 aliphatic heterocycles. The zero-order chi connectivity index (χ0) is 13.1. The van der Waals surface area contributed by atoms with Gasteiger partial charge in [-0.1, -0.05) is 11.6 Å². The van der Waals surface area contributed by atoms with Gasteiger partial charge in [0.25, 0.3) is 0 Å². The minimum absolute atomic E-state index is 0.0152. The van der Waals surface area contributed by atoms with Gasteiger partial charge in [0.15, 0.2) is 9.84 Å². The third kappa shape index (κ3) is 3.42. The molecule has 94 valence electrons. The average Bonchev–Trinajstić information content (AvgIpc) is 2.26. The van der Waals surface area contributed by atoms with E-state index in [0.717, 1.165) is 6.07 Å². The number of halogens is 1. The standard InChI is InChI=1S/C10H11ClO5S/c11-9-3-2-7(6-8(9)10(13)14)17(15,16)5-1-4-12/h2-3,6,12H,1,4-5H2,(H,13,14). The first kappa shape index (κ1) is 14.0. The summed E-state index contributed by atoms with van der Waals surface area (Å²) < 4.78 is 23.5. The van der Waals surface area contributed by atoms with E-state index in [-0.39, 0.29) is 34.3 Å². The predicted octanol–water partition coefficient (Wildman–Crippen LogP) is 1.19. The highest BCUT2D eigenvalue weighted by Crippen LogP contribution is 2.21. The summed E-state index contributed by atoms with van der Waals surface area (Å²) in [6.45, 7) is -0.237. The third-order valence-electron chi connectivity index (χ3n) is 2.10. The molecular formula is C10H11ClO5S. The van der Waals surface area contributed by atoms with E-state index in [1.165, 1.54) is 12.1 Å². The Bertz CT molecular complexity index is 523. The van der Waals surface area contributed by atoms with Crippen LogP contribution in [0.1, 0.15) is 16.8 Å². The average molecular weight is 279 g/mol. The van der Waals surface area contributed by atoms with Gasteiger partial charge in [-0.25, -0.2) is 13.2 Å². The molecular weight excluding hydrogens is 268 g/mol. The molecule has 0 radical (unpaired) electrons. The Hall–Kier alpha value is -1.11. The van der Waals surface area contributed by atoms with Gasteiger partial charge >= 0.3 is 5.97 Å². The van der Waals surface area contributed by atoms with E-state index in [1.54, 1.807) is 0 Å². The number of carboxylic acid groups (broad SMARTS) is 1. The Kier molecular flexibility index (Phi) is 4.50. The normalized spacial score (nSPS) is 11.4. The summed E-state index contributed by atoms with van der Waals surface area (Å²) in [7, 11) is -3.58. The number of rotatable bonds is 5. The maximum Gasteiger partial charge on any atom is 0.337 e. The highest BCUT2D eigenvalue weighted by molar-refractivity contribution is 7.91. The Morgan fingerprint density at radius 3 is 2.53 bits per heavy atom. The molecule has 0 spiro atoms. The SMILES string of the molecule is O=C(O)c1cc(S(=O)(=O)CCCO)ccc1Cl. The Morgan fingerprint density at radius 1 is 1.35 bits per heavy atom.